The SMILES string of the molecule is CC(=O)Nc1nc2c(ncn2[C@H]2C[C@H](OCCl)[C@@H](CO[Si](C)(C)C(C)(C)C)O2)c(=O)[nH]1. The van der Waals surface area contributed by atoms with Crippen LogP contribution in [0.25, 0.3) is 11.2 Å². The normalized spacial score (nSPS) is 22.2. The molecule has 0 spiro atoms. The summed E-state index contributed by atoms with van der Waals surface area (Å²) in [6, 6.07) is 0.0343. The number of anilines is 1. The number of halogens is 1. The summed E-state index contributed by atoms with van der Waals surface area (Å²) in [6.45, 7) is 12.6. The minimum absolute atomic E-state index is 0.0343. The third kappa shape index (κ3) is 5.17. The predicted octanol–water partition coefficient (Wildman–Crippen LogP) is 2.97. The van der Waals surface area contributed by atoms with Crippen LogP contribution in [0.4, 0.5) is 5.95 Å². The van der Waals surface area contributed by atoms with Crippen molar-refractivity contribution >= 4 is 42.9 Å². The minimum Gasteiger partial charge on any atom is -0.414 e. The van der Waals surface area contributed by atoms with E-state index in [0.29, 0.717) is 18.7 Å². The van der Waals surface area contributed by atoms with E-state index in [2.05, 4.69) is 54.1 Å². The lowest BCUT2D eigenvalue weighted by molar-refractivity contribution is -0.114. The Bertz CT molecular complexity index is 1000. The molecule has 12 heteroatoms. The molecule has 0 radical (unpaired) electrons. The summed E-state index contributed by atoms with van der Waals surface area (Å²) < 4.78 is 20.0. The molecule has 0 aromatic carbocycles. The van der Waals surface area contributed by atoms with Crippen LogP contribution >= 0.6 is 11.6 Å². The summed E-state index contributed by atoms with van der Waals surface area (Å²) in [7, 11) is -1.97. The van der Waals surface area contributed by atoms with Gasteiger partial charge in [0.05, 0.1) is 19.0 Å². The number of hydrogen-bond donors (Lipinski definition) is 2. The van der Waals surface area contributed by atoms with Gasteiger partial charge in [0.15, 0.2) is 19.5 Å². The Morgan fingerprint density at radius 2 is 2.16 bits per heavy atom. The van der Waals surface area contributed by atoms with Crippen molar-refractivity contribution in [2.24, 2.45) is 0 Å². The van der Waals surface area contributed by atoms with Gasteiger partial charge in [-0.25, -0.2) is 4.98 Å². The second-order valence-electron chi connectivity index (χ2n) is 9.17. The Morgan fingerprint density at radius 3 is 2.77 bits per heavy atom. The van der Waals surface area contributed by atoms with Crippen molar-refractivity contribution in [2.75, 3.05) is 18.0 Å². The first-order valence-electron chi connectivity index (χ1n) is 10.1. The fourth-order valence-electron chi connectivity index (χ4n) is 3.15. The third-order valence-corrected chi connectivity index (χ3v) is 10.5. The maximum absolute atomic E-state index is 12.3. The third-order valence-electron chi connectivity index (χ3n) is 5.91. The molecule has 1 saturated heterocycles. The van der Waals surface area contributed by atoms with Crippen molar-refractivity contribution in [3.63, 3.8) is 0 Å². The lowest BCUT2D eigenvalue weighted by Crippen LogP contribution is -2.44. The molecule has 3 heterocycles. The Labute approximate surface area is 186 Å². The topological polar surface area (TPSA) is 120 Å². The molecule has 0 saturated carbocycles. The average molecular weight is 472 g/mol. The predicted molar refractivity (Wildman–Crippen MR) is 120 cm³/mol. The second-order valence-corrected chi connectivity index (χ2v) is 14.2. The number of aromatic amines is 1. The number of nitrogens with zero attached hydrogens (tertiary/aromatic N) is 3. The van der Waals surface area contributed by atoms with Crippen molar-refractivity contribution in [2.45, 2.75) is 70.7 Å². The van der Waals surface area contributed by atoms with Crippen LogP contribution in [0.2, 0.25) is 18.1 Å². The van der Waals surface area contributed by atoms with Crippen LogP contribution in [0.5, 0.6) is 0 Å². The van der Waals surface area contributed by atoms with Crippen molar-refractivity contribution in [3.8, 4) is 0 Å². The molecule has 0 aliphatic carbocycles. The quantitative estimate of drug-likeness (QED) is 0.470. The Kier molecular flexibility index (Phi) is 6.92. The van der Waals surface area contributed by atoms with Crippen LogP contribution in [-0.2, 0) is 18.7 Å². The zero-order valence-corrected chi connectivity index (χ0v) is 20.4. The number of H-pyrrole nitrogens is 1. The van der Waals surface area contributed by atoms with Gasteiger partial charge < -0.3 is 13.9 Å². The molecule has 1 aliphatic rings. The Morgan fingerprint density at radius 1 is 1.45 bits per heavy atom. The summed E-state index contributed by atoms with van der Waals surface area (Å²) in [5.74, 6) is -0.291. The van der Waals surface area contributed by atoms with E-state index in [1.165, 1.54) is 13.3 Å². The Hall–Kier alpha value is -1.79. The van der Waals surface area contributed by atoms with Crippen LogP contribution < -0.4 is 10.9 Å². The molecule has 1 fully saturated rings. The summed E-state index contributed by atoms with van der Waals surface area (Å²) in [5, 5.41) is 2.56. The first kappa shape index (κ1) is 23.9. The second kappa shape index (κ2) is 8.98. The molecule has 3 atom stereocenters. The fourth-order valence-corrected chi connectivity index (χ4v) is 4.32. The van der Waals surface area contributed by atoms with Crippen molar-refractivity contribution in [1.29, 1.82) is 0 Å². The standard InChI is InChI=1S/C19H30ClN5O5Si/c1-11(26)22-18-23-16-15(17(27)24-18)21-10-25(16)14-7-12(28-9-20)13(30-14)8-29-31(5,6)19(2,3)4/h10,12-14H,7-9H2,1-6H3,(H2,22,23,24,26,27)/t12-,13+,14+/m0/s1. The summed E-state index contributed by atoms with van der Waals surface area (Å²) in [6.07, 6.45) is 0.928. The van der Waals surface area contributed by atoms with Gasteiger partial charge in [-0.2, -0.15) is 4.98 Å². The molecular formula is C19H30ClN5O5Si. The molecule has 0 bridgehead atoms. The summed E-state index contributed by atoms with van der Waals surface area (Å²) in [4.78, 5) is 34.7. The molecule has 0 unspecified atom stereocenters. The molecule has 2 N–H and O–H groups in total. The summed E-state index contributed by atoms with van der Waals surface area (Å²) in [5.41, 5.74) is 0.0263. The van der Waals surface area contributed by atoms with E-state index in [9.17, 15) is 9.59 Å². The van der Waals surface area contributed by atoms with Gasteiger partial charge >= 0.3 is 0 Å². The van der Waals surface area contributed by atoms with E-state index in [0.717, 1.165) is 0 Å². The maximum atomic E-state index is 12.3. The highest BCUT2D eigenvalue weighted by Crippen LogP contribution is 2.38. The largest absolute Gasteiger partial charge is 0.414 e. The number of carbonyl (C=O) groups is 1. The first-order chi connectivity index (χ1) is 14.4. The van der Waals surface area contributed by atoms with Crippen LogP contribution in [0.1, 0.15) is 40.3 Å². The number of amides is 1. The summed E-state index contributed by atoms with van der Waals surface area (Å²) >= 11 is 5.84. The number of alkyl halides is 1. The van der Waals surface area contributed by atoms with Crippen molar-refractivity contribution in [1.82, 2.24) is 19.5 Å². The zero-order chi connectivity index (χ0) is 23.0. The number of imidazole rings is 1. The van der Waals surface area contributed by atoms with Crippen molar-refractivity contribution < 1.29 is 18.7 Å². The van der Waals surface area contributed by atoms with Gasteiger partial charge in [0.25, 0.3) is 5.56 Å². The number of nitrogens with one attached hydrogen (secondary N) is 2. The first-order valence-corrected chi connectivity index (χ1v) is 13.6. The van der Waals surface area contributed by atoms with Crippen LogP contribution in [0.15, 0.2) is 11.1 Å². The average Bonchev–Trinajstić information content (AvgIpc) is 3.23. The number of ether oxygens (including phenoxy) is 2. The number of rotatable bonds is 7. The minimum atomic E-state index is -1.97. The van der Waals surface area contributed by atoms with Gasteiger partial charge in [-0.1, -0.05) is 32.4 Å². The number of hydrogen-bond acceptors (Lipinski definition) is 7. The highest BCUT2D eigenvalue weighted by atomic mass is 35.5. The lowest BCUT2D eigenvalue weighted by atomic mass is 10.2. The van der Waals surface area contributed by atoms with Gasteiger partial charge in [0, 0.05) is 13.3 Å². The molecule has 31 heavy (non-hydrogen) atoms. The van der Waals surface area contributed by atoms with E-state index in [4.69, 9.17) is 25.5 Å². The van der Waals surface area contributed by atoms with Crippen LogP contribution in [0, 0.1) is 0 Å². The van der Waals surface area contributed by atoms with Gasteiger partial charge in [-0.15, -0.1) is 0 Å². The van der Waals surface area contributed by atoms with E-state index < -0.39 is 20.1 Å². The molecule has 2 aromatic rings. The smallest absolute Gasteiger partial charge is 0.280 e. The van der Waals surface area contributed by atoms with E-state index in [1.54, 1.807) is 4.57 Å². The molecular weight excluding hydrogens is 442 g/mol. The van der Waals surface area contributed by atoms with Crippen LogP contribution in [-0.4, -0.2) is 58.6 Å². The fraction of sp³-hybridized carbons (Fsp3) is 0.684. The van der Waals surface area contributed by atoms with Crippen molar-refractivity contribution in [3.05, 3.63) is 16.7 Å². The van der Waals surface area contributed by atoms with Gasteiger partial charge in [0.2, 0.25) is 11.9 Å². The highest BCUT2D eigenvalue weighted by molar-refractivity contribution is 6.74. The molecule has 3 rings (SSSR count). The van der Waals surface area contributed by atoms with E-state index in [1.807, 2.05) is 0 Å². The van der Waals surface area contributed by atoms with E-state index in [-0.39, 0.29) is 40.7 Å². The lowest BCUT2D eigenvalue weighted by Gasteiger charge is -2.37. The maximum Gasteiger partial charge on any atom is 0.280 e. The highest BCUT2D eigenvalue weighted by Gasteiger charge is 2.42. The van der Waals surface area contributed by atoms with E-state index >= 15 is 0 Å². The van der Waals surface area contributed by atoms with Gasteiger partial charge in [-0.05, 0) is 18.1 Å². The van der Waals surface area contributed by atoms with Gasteiger partial charge in [-0.3, -0.25) is 24.5 Å². The zero-order valence-electron chi connectivity index (χ0n) is 18.7. The molecule has 10 nitrogen and oxygen atoms in total. The molecule has 172 valence electrons. The Balaban J connectivity index is 1.85. The molecule has 1 amide bonds. The molecule has 2 aromatic heterocycles. The van der Waals surface area contributed by atoms with Crippen LogP contribution in [0.3, 0.4) is 0 Å². The molecule has 1 aliphatic heterocycles. The monoisotopic (exact) mass is 471 g/mol. The number of aromatic nitrogens is 4. The van der Waals surface area contributed by atoms with Gasteiger partial charge in [0.1, 0.15) is 18.4 Å². The number of carbonyl (C=O) groups excluding carboxylic acids is 1. The number of fused-ring (bicyclic) bond motifs is 1.